The number of ether oxygens (including phenoxy) is 1. The number of hydrogen-bond donors (Lipinski definition) is 1. The molecule has 1 unspecified atom stereocenters. The van der Waals surface area contributed by atoms with E-state index in [4.69, 9.17) is 4.74 Å². The number of phenols is 1. The number of methoxy groups -OCH3 is 1. The quantitative estimate of drug-likeness (QED) is 0.669. The molecule has 28 heavy (non-hydrogen) atoms. The van der Waals surface area contributed by atoms with E-state index in [-0.39, 0.29) is 11.3 Å². The highest BCUT2D eigenvalue weighted by Gasteiger charge is 2.33. The van der Waals surface area contributed by atoms with Gasteiger partial charge >= 0.3 is 5.97 Å². The van der Waals surface area contributed by atoms with Gasteiger partial charge in [-0.1, -0.05) is 29.5 Å². The first-order valence-electron chi connectivity index (χ1n) is 8.43. The van der Waals surface area contributed by atoms with E-state index in [0.29, 0.717) is 20.6 Å². The standard InChI is InChI=1S/C20H16N2O4S2/c1-11-16(19(25)26-2)17(14-4-3-9-27-14)22-18(24)15(28-20(22)21-11)10-12-5-7-13(23)8-6-12/h3-10,17,23H,1-2H3. The molecule has 8 heteroatoms. The van der Waals surface area contributed by atoms with E-state index in [2.05, 4.69) is 4.99 Å². The van der Waals surface area contributed by atoms with Crippen molar-refractivity contribution in [2.75, 3.05) is 7.11 Å². The van der Waals surface area contributed by atoms with Crippen LogP contribution in [0.4, 0.5) is 0 Å². The van der Waals surface area contributed by atoms with Gasteiger partial charge in [-0.3, -0.25) is 9.36 Å². The van der Waals surface area contributed by atoms with Crippen molar-refractivity contribution in [2.24, 2.45) is 4.99 Å². The first kappa shape index (κ1) is 18.4. The fourth-order valence-electron chi connectivity index (χ4n) is 3.13. The molecule has 0 amide bonds. The van der Waals surface area contributed by atoms with Crippen molar-refractivity contribution in [2.45, 2.75) is 13.0 Å². The van der Waals surface area contributed by atoms with Crippen LogP contribution in [0.3, 0.4) is 0 Å². The Balaban J connectivity index is 1.96. The van der Waals surface area contributed by atoms with Gasteiger partial charge in [0, 0.05) is 4.88 Å². The lowest BCUT2D eigenvalue weighted by Crippen LogP contribution is -2.39. The number of allylic oxidation sites excluding steroid dienone is 1. The summed E-state index contributed by atoms with van der Waals surface area (Å²) in [7, 11) is 1.32. The number of thiophene rings is 1. The van der Waals surface area contributed by atoms with Crippen LogP contribution in [0.15, 0.2) is 62.8 Å². The maximum Gasteiger partial charge on any atom is 0.338 e. The monoisotopic (exact) mass is 412 g/mol. The van der Waals surface area contributed by atoms with Crippen LogP contribution < -0.4 is 14.9 Å². The number of aromatic hydroxyl groups is 1. The Kier molecular flexibility index (Phi) is 4.74. The summed E-state index contributed by atoms with van der Waals surface area (Å²) in [6.07, 6.45) is 1.76. The number of carbonyl (C=O) groups excluding carboxylic acids is 1. The molecule has 1 atom stereocenters. The number of hydrogen-bond acceptors (Lipinski definition) is 7. The lowest BCUT2D eigenvalue weighted by atomic mass is 10.0. The van der Waals surface area contributed by atoms with E-state index in [1.807, 2.05) is 17.5 Å². The highest BCUT2D eigenvalue weighted by atomic mass is 32.1. The van der Waals surface area contributed by atoms with E-state index in [0.717, 1.165) is 10.4 Å². The first-order chi connectivity index (χ1) is 13.5. The second kappa shape index (κ2) is 7.21. The molecular formula is C20H16N2O4S2. The molecule has 1 N–H and O–H groups in total. The lowest BCUT2D eigenvalue weighted by Gasteiger charge is -2.22. The largest absolute Gasteiger partial charge is 0.508 e. The summed E-state index contributed by atoms with van der Waals surface area (Å²) in [5, 5.41) is 11.4. The van der Waals surface area contributed by atoms with Gasteiger partial charge in [-0.2, -0.15) is 0 Å². The Morgan fingerprint density at radius 2 is 2.04 bits per heavy atom. The summed E-state index contributed by atoms with van der Waals surface area (Å²) in [5.41, 5.74) is 1.49. The van der Waals surface area contributed by atoms with Crippen LogP contribution in [0.1, 0.15) is 23.4 Å². The summed E-state index contributed by atoms with van der Waals surface area (Å²) in [6.45, 7) is 1.75. The zero-order valence-electron chi connectivity index (χ0n) is 15.1. The Hall–Kier alpha value is -2.97. The number of nitrogens with zero attached hydrogens (tertiary/aromatic N) is 2. The van der Waals surface area contributed by atoms with Gasteiger partial charge in [0.2, 0.25) is 0 Å². The van der Waals surface area contributed by atoms with Crippen molar-refractivity contribution >= 4 is 34.7 Å². The van der Waals surface area contributed by atoms with E-state index in [1.54, 1.807) is 41.8 Å². The molecule has 3 heterocycles. The fraction of sp³-hybridized carbons (Fsp3) is 0.150. The van der Waals surface area contributed by atoms with Gasteiger partial charge in [0.15, 0.2) is 4.80 Å². The van der Waals surface area contributed by atoms with Crippen LogP contribution in [0.5, 0.6) is 5.75 Å². The van der Waals surface area contributed by atoms with Crippen molar-refractivity contribution in [3.05, 3.63) is 83.2 Å². The molecule has 4 rings (SSSR count). The van der Waals surface area contributed by atoms with Crippen LogP contribution in [-0.2, 0) is 9.53 Å². The number of benzene rings is 1. The molecule has 0 aliphatic carbocycles. The van der Waals surface area contributed by atoms with E-state index in [9.17, 15) is 14.7 Å². The molecule has 0 spiro atoms. The smallest absolute Gasteiger partial charge is 0.338 e. The molecule has 6 nitrogen and oxygen atoms in total. The molecule has 2 aromatic heterocycles. The number of carbonyl (C=O) groups is 1. The zero-order chi connectivity index (χ0) is 19.8. The third-order valence-corrected chi connectivity index (χ3v) is 6.34. The number of rotatable bonds is 3. The molecule has 1 aromatic carbocycles. The van der Waals surface area contributed by atoms with Crippen molar-refractivity contribution in [3.8, 4) is 5.75 Å². The van der Waals surface area contributed by atoms with E-state index < -0.39 is 12.0 Å². The topological polar surface area (TPSA) is 80.9 Å². The summed E-state index contributed by atoms with van der Waals surface area (Å²) in [5.74, 6) is -0.331. The van der Waals surface area contributed by atoms with Crippen molar-refractivity contribution in [1.82, 2.24) is 4.57 Å². The molecule has 0 saturated carbocycles. The average Bonchev–Trinajstić information content (AvgIpc) is 3.31. The first-order valence-corrected chi connectivity index (χ1v) is 10.1. The average molecular weight is 412 g/mol. The van der Waals surface area contributed by atoms with Gasteiger partial charge in [-0.05, 0) is 42.1 Å². The number of fused-ring (bicyclic) bond motifs is 1. The van der Waals surface area contributed by atoms with Crippen LogP contribution in [0.2, 0.25) is 0 Å². The van der Waals surface area contributed by atoms with Crippen molar-refractivity contribution < 1.29 is 14.6 Å². The van der Waals surface area contributed by atoms with Crippen molar-refractivity contribution in [3.63, 3.8) is 0 Å². The van der Waals surface area contributed by atoms with E-state index >= 15 is 0 Å². The second-order valence-corrected chi connectivity index (χ2v) is 8.17. The third kappa shape index (κ3) is 3.10. The Labute approximate surface area is 168 Å². The van der Waals surface area contributed by atoms with Crippen LogP contribution in [-0.4, -0.2) is 22.8 Å². The molecule has 3 aromatic rings. The highest BCUT2D eigenvalue weighted by Crippen LogP contribution is 2.32. The van der Waals surface area contributed by atoms with E-state index in [1.165, 1.54) is 29.8 Å². The van der Waals surface area contributed by atoms with Gasteiger partial charge in [-0.25, -0.2) is 9.79 Å². The summed E-state index contributed by atoms with van der Waals surface area (Å²) in [4.78, 5) is 31.6. The predicted octanol–water partition coefficient (Wildman–Crippen LogP) is 2.18. The molecule has 0 radical (unpaired) electrons. The van der Waals surface area contributed by atoms with Gasteiger partial charge in [0.25, 0.3) is 5.56 Å². The SMILES string of the molecule is COC(=O)C1=C(C)N=c2sc(=Cc3ccc(O)cc3)c(=O)n2C1c1cccs1. The van der Waals surface area contributed by atoms with Gasteiger partial charge in [0.1, 0.15) is 11.8 Å². The molecule has 1 aliphatic rings. The van der Waals surface area contributed by atoms with Gasteiger partial charge in [0.05, 0.1) is 22.9 Å². The molecule has 0 fully saturated rings. The minimum Gasteiger partial charge on any atom is -0.508 e. The normalized spacial score (nSPS) is 16.6. The Morgan fingerprint density at radius 3 is 2.68 bits per heavy atom. The predicted molar refractivity (Wildman–Crippen MR) is 108 cm³/mol. The second-order valence-electron chi connectivity index (χ2n) is 6.18. The van der Waals surface area contributed by atoms with Crippen LogP contribution in [0, 0.1) is 0 Å². The number of esters is 1. The minimum atomic E-state index is -0.564. The fourth-order valence-corrected chi connectivity index (χ4v) is 5.00. The summed E-state index contributed by atoms with van der Waals surface area (Å²) >= 11 is 2.74. The minimum absolute atomic E-state index is 0.162. The molecule has 142 valence electrons. The number of aromatic nitrogens is 1. The third-order valence-electron chi connectivity index (χ3n) is 4.43. The van der Waals surface area contributed by atoms with Crippen LogP contribution in [0.25, 0.3) is 6.08 Å². The Bertz CT molecular complexity index is 1250. The molecular weight excluding hydrogens is 396 g/mol. The van der Waals surface area contributed by atoms with Crippen LogP contribution >= 0.6 is 22.7 Å². The summed E-state index contributed by atoms with van der Waals surface area (Å²) in [6, 6.07) is 9.81. The number of phenolic OH excluding ortho intramolecular Hbond substituents is 1. The highest BCUT2D eigenvalue weighted by molar-refractivity contribution is 7.10. The lowest BCUT2D eigenvalue weighted by molar-refractivity contribution is -0.136. The van der Waals surface area contributed by atoms with Gasteiger partial charge < -0.3 is 9.84 Å². The molecule has 1 aliphatic heterocycles. The maximum atomic E-state index is 13.2. The summed E-state index contributed by atoms with van der Waals surface area (Å²) < 4.78 is 7.02. The Morgan fingerprint density at radius 1 is 1.29 bits per heavy atom. The van der Waals surface area contributed by atoms with Gasteiger partial charge in [-0.15, -0.1) is 11.3 Å². The zero-order valence-corrected chi connectivity index (χ0v) is 16.7. The maximum absolute atomic E-state index is 13.2. The number of thiazole rings is 1. The van der Waals surface area contributed by atoms with Crippen molar-refractivity contribution in [1.29, 1.82) is 0 Å². The molecule has 0 saturated heterocycles. The molecule has 0 bridgehead atoms.